The Morgan fingerprint density at radius 3 is 2.88 bits per heavy atom. The maximum atomic E-state index is 3.72. The molecule has 0 saturated heterocycles. The Balaban J connectivity index is 0.000000490. The number of halogens is 1. The lowest BCUT2D eigenvalue weighted by Crippen LogP contribution is -1.42. The van der Waals surface area contributed by atoms with Gasteiger partial charge in [-0.25, -0.2) is 4.99 Å². The molecule has 2 heteroatoms. The van der Waals surface area contributed by atoms with Crippen LogP contribution in [0.2, 0.25) is 0 Å². The minimum atomic E-state index is 0. The average Bonchev–Trinajstić information content (AvgIpc) is 1.90. The molecule has 0 fully saturated rings. The smallest absolute Gasteiger partial charge is 0.0368 e. The van der Waals surface area contributed by atoms with Gasteiger partial charge in [-0.2, -0.15) is 0 Å². The number of allylic oxidation sites excluding steroid dienone is 4. The minimum absolute atomic E-state index is 0. The molecule has 0 N–H and O–H groups in total. The van der Waals surface area contributed by atoms with E-state index in [9.17, 15) is 0 Å². The largest absolute Gasteiger partial charge is 0.214 e. The van der Waals surface area contributed by atoms with Crippen molar-refractivity contribution in [3.63, 3.8) is 0 Å². The molecule has 1 aliphatic heterocycles. The highest BCUT2D eigenvalue weighted by atomic mass is 127. The zero-order valence-electron chi connectivity index (χ0n) is 4.24. The van der Waals surface area contributed by atoms with Crippen LogP contribution >= 0.6 is 24.0 Å². The van der Waals surface area contributed by atoms with Gasteiger partial charge in [0.05, 0.1) is 0 Å². The number of aliphatic imine (C=N–C) groups is 1. The van der Waals surface area contributed by atoms with Gasteiger partial charge in [-0.05, 0) is 18.0 Å². The van der Waals surface area contributed by atoms with Crippen molar-refractivity contribution in [1.82, 2.24) is 0 Å². The molecule has 0 aliphatic carbocycles. The summed E-state index contributed by atoms with van der Waals surface area (Å²) in [6.45, 7) is 0. The van der Waals surface area contributed by atoms with Gasteiger partial charge < -0.3 is 0 Å². The predicted molar refractivity (Wildman–Crippen MR) is 45.7 cm³/mol. The molecule has 0 aromatic carbocycles. The summed E-state index contributed by atoms with van der Waals surface area (Å²) in [5, 5.41) is 0. The molecule has 0 radical (unpaired) electrons. The number of rotatable bonds is 0. The third kappa shape index (κ3) is 2.77. The summed E-state index contributed by atoms with van der Waals surface area (Å²) in [7, 11) is 0. The highest BCUT2D eigenvalue weighted by molar-refractivity contribution is 14.0. The van der Waals surface area contributed by atoms with E-state index >= 15 is 0 Å². The Bertz CT molecular complexity index is 145. The van der Waals surface area contributed by atoms with E-state index in [1.807, 2.05) is 18.2 Å². The van der Waals surface area contributed by atoms with Gasteiger partial charge in [0.25, 0.3) is 0 Å². The normalized spacial score (nSPS) is 13.0. The van der Waals surface area contributed by atoms with Crippen LogP contribution in [0.5, 0.6) is 0 Å². The van der Waals surface area contributed by atoms with E-state index in [1.54, 1.807) is 12.3 Å². The number of hydrogen-bond donors (Lipinski definition) is 0. The van der Waals surface area contributed by atoms with Gasteiger partial charge in [0.2, 0.25) is 0 Å². The van der Waals surface area contributed by atoms with E-state index in [0.717, 1.165) is 0 Å². The summed E-state index contributed by atoms with van der Waals surface area (Å²) < 4.78 is 0. The summed E-state index contributed by atoms with van der Waals surface area (Å²) in [5.74, 6) is 2.67. The lowest BCUT2D eigenvalue weighted by atomic mass is 10.5. The van der Waals surface area contributed by atoms with E-state index in [0.29, 0.717) is 0 Å². The molecule has 1 nitrogen and oxygen atoms in total. The second-order valence-electron chi connectivity index (χ2n) is 1.15. The summed E-state index contributed by atoms with van der Waals surface area (Å²) >= 11 is 0. The number of nitrogens with zero attached hydrogens (tertiary/aromatic N) is 1. The molecule has 0 saturated carbocycles. The van der Waals surface area contributed by atoms with E-state index in [1.165, 1.54) is 0 Å². The Hall–Kier alpha value is -0.340. The zero-order chi connectivity index (χ0) is 4.95. The molecule has 0 aromatic heterocycles. The molecule has 0 aromatic rings. The van der Waals surface area contributed by atoms with Crippen molar-refractivity contribution in [2.75, 3.05) is 0 Å². The Labute approximate surface area is 65.5 Å². The van der Waals surface area contributed by atoms with Crippen LogP contribution in [-0.4, -0.2) is 5.87 Å². The number of hydrogen-bond acceptors (Lipinski definition) is 1. The van der Waals surface area contributed by atoms with Gasteiger partial charge in [-0.15, -0.1) is 24.0 Å². The van der Waals surface area contributed by atoms with Crippen LogP contribution in [0.15, 0.2) is 35.5 Å². The standard InChI is InChI=1S/C6H5N.HI/c1-2-4-6-7-5-3-1;/h1-5H;1H. The van der Waals surface area contributed by atoms with Gasteiger partial charge in [0.15, 0.2) is 0 Å². The fraction of sp³-hybridized carbons (Fsp3) is 0. The van der Waals surface area contributed by atoms with Crippen LogP contribution in [0.1, 0.15) is 0 Å². The lowest BCUT2D eigenvalue weighted by Gasteiger charge is -1.60. The molecule has 1 heterocycles. The monoisotopic (exact) mass is 219 g/mol. The molecule has 8 heavy (non-hydrogen) atoms. The zero-order valence-corrected chi connectivity index (χ0v) is 6.57. The molecule has 0 amide bonds. The molecule has 0 spiro atoms. The van der Waals surface area contributed by atoms with Crippen molar-refractivity contribution >= 4 is 29.8 Å². The summed E-state index contributed by atoms with van der Waals surface area (Å²) in [4.78, 5) is 3.72. The first-order valence-corrected chi connectivity index (χ1v) is 2.10. The SMILES string of the molecule is C1=CC=CC=CN=1.I. The maximum absolute atomic E-state index is 3.72. The Morgan fingerprint density at radius 1 is 1.12 bits per heavy atom. The highest BCUT2D eigenvalue weighted by Crippen LogP contribution is 1.80. The van der Waals surface area contributed by atoms with Crippen LogP contribution < -0.4 is 0 Å². The topological polar surface area (TPSA) is 12.4 Å². The first-order chi connectivity index (χ1) is 3.50. The van der Waals surface area contributed by atoms with Crippen LogP contribution in [0.3, 0.4) is 0 Å². The first-order valence-electron chi connectivity index (χ1n) is 2.10. The molecule has 1 aliphatic rings. The van der Waals surface area contributed by atoms with Crippen molar-refractivity contribution in [2.45, 2.75) is 0 Å². The van der Waals surface area contributed by atoms with Crippen LogP contribution in [0, 0.1) is 0 Å². The summed E-state index contributed by atoms with van der Waals surface area (Å²) in [6.07, 6.45) is 9.10. The van der Waals surface area contributed by atoms with Crippen molar-refractivity contribution < 1.29 is 0 Å². The molecule has 42 valence electrons. The van der Waals surface area contributed by atoms with Gasteiger partial charge in [-0.1, -0.05) is 12.2 Å². The second-order valence-corrected chi connectivity index (χ2v) is 1.15. The van der Waals surface area contributed by atoms with Crippen LogP contribution in [-0.2, 0) is 0 Å². The maximum Gasteiger partial charge on any atom is 0.0368 e. The summed E-state index contributed by atoms with van der Waals surface area (Å²) in [6, 6.07) is 0. The van der Waals surface area contributed by atoms with Crippen molar-refractivity contribution in [1.29, 1.82) is 0 Å². The highest BCUT2D eigenvalue weighted by Gasteiger charge is 1.63. The van der Waals surface area contributed by atoms with E-state index in [4.69, 9.17) is 0 Å². The fourth-order valence-electron chi connectivity index (χ4n) is 0.342. The lowest BCUT2D eigenvalue weighted by molar-refractivity contribution is 1.62. The molecule has 0 unspecified atom stereocenters. The molecule has 0 bridgehead atoms. The van der Waals surface area contributed by atoms with E-state index in [-0.39, 0.29) is 24.0 Å². The van der Waals surface area contributed by atoms with Crippen LogP contribution in [0.4, 0.5) is 0 Å². The third-order valence-electron chi connectivity index (χ3n) is 0.628. The summed E-state index contributed by atoms with van der Waals surface area (Å²) in [5.41, 5.74) is 0. The van der Waals surface area contributed by atoms with Gasteiger partial charge in [-0.3, -0.25) is 0 Å². The van der Waals surface area contributed by atoms with Crippen LogP contribution in [0.25, 0.3) is 0 Å². The van der Waals surface area contributed by atoms with Crippen molar-refractivity contribution in [2.24, 2.45) is 4.99 Å². The third-order valence-corrected chi connectivity index (χ3v) is 0.628. The van der Waals surface area contributed by atoms with Crippen molar-refractivity contribution in [3.8, 4) is 0 Å². The fourth-order valence-corrected chi connectivity index (χ4v) is 0.342. The average molecular weight is 219 g/mol. The van der Waals surface area contributed by atoms with Crippen molar-refractivity contribution in [3.05, 3.63) is 30.5 Å². The Morgan fingerprint density at radius 2 is 2.00 bits per heavy atom. The van der Waals surface area contributed by atoms with E-state index in [2.05, 4.69) is 10.9 Å². The minimum Gasteiger partial charge on any atom is -0.214 e. The van der Waals surface area contributed by atoms with Gasteiger partial charge >= 0.3 is 0 Å². The molecule has 1 rings (SSSR count). The van der Waals surface area contributed by atoms with E-state index < -0.39 is 0 Å². The predicted octanol–water partition coefficient (Wildman–Crippen LogP) is 1.91. The first kappa shape index (κ1) is 7.66. The quantitative estimate of drug-likeness (QED) is 0.552. The molecular weight excluding hydrogens is 213 g/mol. The molecular formula is C6H6IN. The van der Waals surface area contributed by atoms with Gasteiger partial charge in [0.1, 0.15) is 0 Å². The molecule has 0 atom stereocenters. The second kappa shape index (κ2) is 4.81. The Kier molecular flexibility index (Phi) is 4.61. The van der Waals surface area contributed by atoms with Gasteiger partial charge in [0, 0.05) is 6.20 Å².